The summed E-state index contributed by atoms with van der Waals surface area (Å²) in [6, 6.07) is 3.85. The van der Waals surface area contributed by atoms with E-state index < -0.39 is 30.0 Å². The number of ether oxygens (including phenoxy) is 1. The number of para-hydroxylation sites is 1. The van der Waals surface area contributed by atoms with Gasteiger partial charge in [-0.1, -0.05) is 19.4 Å². The fourth-order valence-electron chi connectivity index (χ4n) is 1.97. The first-order valence-electron chi connectivity index (χ1n) is 6.36. The van der Waals surface area contributed by atoms with Gasteiger partial charge in [0, 0.05) is 0 Å². The maximum Gasteiger partial charge on any atom is 0.326 e. The highest BCUT2D eigenvalue weighted by molar-refractivity contribution is 6.52. The molecular weight excluding hydrogens is 265 g/mol. The lowest BCUT2D eigenvalue weighted by atomic mass is 10.1. The predicted molar refractivity (Wildman–Crippen MR) is 69.0 cm³/mol. The third-order valence-corrected chi connectivity index (χ3v) is 2.99. The van der Waals surface area contributed by atoms with Crippen molar-refractivity contribution >= 4 is 23.3 Å². The summed E-state index contributed by atoms with van der Waals surface area (Å²) in [5, 5.41) is 0. The maximum absolute atomic E-state index is 13.7. The molecule has 1 heterocycles. The number of halogens is 1. The van der Waals surface area contributed by atoms with Gasteiger partial charge in [-0.05, 0) is 18.6 Å². The van der Waals surface area contributed by atoms with Gasteiger partial charge in [-0.2, -0.15) is 0 Å². The van der Waals surface area contributed by atoms with Crippen LogP contribution in [0, 0.1) is 5.82 Å². The second-order valence-electron chi connectivity index (χ2n) is 4.43. The van der Waals surface area contributed by atoms with Gasteiger partial charge in [-0.25, -0.2) is 4.39 Å². The summed E-state index contributed by atoms with van der Waals surface area (Å²) >= 11 is 0. The first kappa shape index (κ1) is 14.2. The van der Waals surface area contributed by atoms with Crippen molar-refractivity contribution in [2.24, 2.45) is 0 Å². The number of carbonyl (C=O) groups is 3. The normalized spacial score (nSPS) is 13.6. The van der Waals surface area contributed by atoms with Gasteiger partial charge in [0.05, 0.1) is 17.9 Å². The number of rotatable bonds is 5. The highest BCUT2D eigenvalue weighted by atomic mass is 19.1. The summed E-state index contributed by atoms with van der Waals surface area (Å²) in [5.41, 5.74) is -0.161. The van der Waals surface area contributed by atoms with Crippen LogP contribution in [0.4, 0.5) is 10.1 Å². The molecular formula is C14H14FNO4. The summed E-state index contributed by atoms with van der Waals surface area (Å²) in [6.07, 6.45) is 1.58. The number of benzene rings is 1. The molecule has 0 saturated heterocycles. The molecule has 0 atom stereocenters. The lowest BCUT2D eigenvalue weighted by Gasteiger charge is -2.15. The number of esters is 1. The molecule has 1 aliphatic heterocycles. The molecule has 0 saturated carbocycles. The maximum atomic E-state index is 13.7. The van der Waals surface area contributed by atoms with Crippen LogP contribution in [-0.4, -0.2) is 30.8 Å². The van der Waals surface area contributed by atoms with E-state index in [0.717, 1.165) is 17.4 Å². The SMILES string of the molecule is CCCCOC(=O)CN1C(=O)C(=O)c2cccc(F)c21. The van der Waals surface area contributed by atoms with Crippen LogP contribution in [0.15, 0.2) is 18.2 Å². The summed E-state index contributed by atoms with van der Waals surface area (Å²) in [7, 11) is 0. The lowest BCUT2D eigenvalue weighted by Crippen LogP contribution is -2.36. The van der Waals surface area contributed by atoms with E-state index in [1.54, 1.807) is 0 Å². The van der Waals surface area contributed by atoms with Crippen LogP contribution in [0.1, 0.15) is 30.1 Å². The zero-order valence-corrected chi connectivity index (χ0v) is 11.0. The Hall–Kier alpha value is -2.24. The second-order valence-corrected chi connectivity index (χ2v) is 4.43. The molecule has 0 radical (unpaired) electrons. The van der Waals surface area contributed by atoms with Crippen molar-refractivity contribution < 1.29 is 23.5 Å². The number of unbranched alkanes of at least 4 members (excludes halogenated alkanes) is 1. The summed E-state index contributed by atoms with van der Waals surface area (Å²) in [5.74, 6) is -3.07. The van der Waals surface area contributed by atoms with Crippen molar-refractivity contribution in [3.05, 3.63) is 29.6 Å². The van der Waals surface area contributed by atoms with E-state index in [0.29, 0.717) is 6.42 Å². The van der Waals surface area contributed by atoms with Crippen LogP contribution in [0.25, 0.3) is 0 Å². The van der Waals surface area contributed by atoms with Gasteiger partial charge >= 0.3 is 5.97 Å². The van der Waals surface area contributed by atoms with Gasteiger partial charge in [-0.3, -0.25) is 19.3 Å². The largest absolute Gasteiger partial charge is 0.464 e. The molecule has 1 aromatic rings. The summed E-state index contributed by atoms with van der Waals surface area (Å²) in [4.78, 5) is 35.9. The highest BCUT2D eigenvalue weighted by Crippen LogP contribution is 2.31. The molecule has 6 heteroatoms. The molecule has 1 aromatic carbocycles. The minimum Gasteiger partial charge on any atom is -0.464 e. The van der Waals surface area contributed by atoms with E-state index in [1.165, 1.54) is 12.1 Å². The Morgan fingerprint density at radius 3 is 2.80 bits per heavy atom. The van der Waals surface area contributed by atoms with Crippen LogP contribution >= 0.6 is 0 Å². The predicted octanol–water partition coefficient (Wildman–Crippen LogP) is 1.70. The average Bonchev–Trinajstić information content (AvgIpc) is 2.66. The number of fused-ring (bicyclic) bond motifs is 1. The first-order valence-corrected chi connectivity index (χ1v) is 6.36. The molecule has 1 amide bonds. The smallest absolute Gasteiger partial charge is 0.326 e. The standard InChI is InChI=1S/C14H14FNO4/c1-2-3-7-20-11(17)8-16-12-9(13(18)14(16)19)5-4-6-10(12)15/h4-6H,2-3,7-8H2,1H3. The molecule has 0 aromatic heterocycles. The van der Waals surface area contributed by atoms with Gasteiger partial charge in [0.2, 0.25) is 0 Å². The van der Waals surface area contributed by atoms with Gasteiger partial charge in [0.1, 0.15) is 12.4 Å². The average molecular weight is 279 g/mol. The van der Waals surface area contributed by atoms with E-state index in [1.807, 2.05) is 6.92 Å². The number of hydrogen-bond acceptors (Lipinski definition) is 4. The fraction of sp³-hybridized carbons (Fsp3) is 0.357. The van der Waals surface area contributed by atoms with Crippen molar-refractivity contribution in [3.8, 4) is 0 Å². The minimum absolute atomic E-state index is 0.0173. The zero-order chi connectivity index (χ0) is 14.7. The third-order valence-electron chi connectivity index (χ3n) is 2.99. The number of ketones is 1. The summed E-state index contributed by atoms with van der Waals surface area (Å²) in [6.45, 7) is 1.74. The van der Waals surface area contributed by atoms with Crippen molar-refractivity contribution in [2.45, 2.75) is 19.8 Å². The minimum atomic E-state index is -0.905. The van der Waals surface area contributed by atoms with Gasteiger partial charge in [0.25, 0.3) is 11.7 Å². The number of hydrogen-bond donors (Lipinski definition) is 0. The Kier molecular flexibility index (Phi) is 4.12. The molecule has 0 aliphatic carbocycles. The number of carbonyl (C=O) groups excluding carboxylic acids is 3. The molecule has 0 N–H and O–H groups in total. The fourth-order valence-corrected chi connectivity index (χ4v) is 1.97. The molecule has 0 bridgehead atoms. The molecule has 0 spiro atoms. The van der Waals surface area contributed by atoms with Gasteiger partial charge < -0.3 is 4.74 Å². The molecule has 106 valence electrons. The topological polar surface area (TPSA) is 63.7 Å². The molecule has 5 nitrogen and oxygen atoms in total. The van der Waals surface area contributed by atoms with Crippen molar-refractivity contribution in [3.63, 3.8) is 0 Å². The van der Waals surface area contributed by atoms with Crippen molar-refractivity contribution in [1.82, 2.24) is 0 Å². The van der Waals surface area contributed by atoms with Crippen molar-refractivity contribution in [2.75, 3.05) is 18.1 Å². The lowest BCUT2D eigenvalue weighted by molar-refractivity contribution is -0.142. The number of Topliss-reactive ketones (excluding diaryl/α,β-unsaturated/α-hetero) is 1. The Balaban J connectivity index is 2.16. The van der Waals surface area contributed by atoms with E-state index in [4.69, 9.17) is 4.74 Å². The van der Waals surface area contributed by atoms with E-state index in [2.05, 4.69) is 0 Å². The molecule has 20 heavy (non-hydrogen) atoms. The highest BCUT2D eigenvalue weighted by Gasteiger charge is 2.39. The Morgan fingerprint density at radius 1 is 1.35 bits per heavy atom. The third kappa shape index (κ3) is 2.54. The number of nitrogens with zero attached hydrogens (tertiary/aromatic N) is 1. The van der Waals surface area contributed by atoms with Crippen LogP contribution in [0.5, 0.6) is 0 Å². The van der Waals surface area contributed by atoms with E-state index >= 15 is 0 Å². The Morgan fingerprint density at radius 2 is 2.10 bits per heavy atom. The second kappa shape index (κ2) is 5.81. The molecule has 0 fully saturated rings. The number of amides is 1. The summed E-state index contributed by atoms with van der Waals surface area (Å²) < 4.78 is 18.7. The monoisotopic (exact) mass is 279 g/mol. The van der Waals surface area contributed by atoms with Crippen LogP contribution < -0.4 is 4.90 Å². The van der Waals surface area contributed by atoms with Gasteiger partial charge in [0.15, 0.2) is 0 Å². The molecule has 0 unspecified atom stereocenters. The van der Waals surface area contributed by atoms with Crippen LogP contribution in [0.2, 0.25) is 0 Å². The van der Waals surface area contributed by atoms with Crippen LogP contribution in [0.3, 0.4) is 0 Å². The number of anilines is 1. The van der Waals surface area contributed by atoms with E-state index in [-0.39, 0.29) is 17.9 Å². The van der Waals surface area contributed by atoms with Crippen molar-refractivity contribution in [1.29, 1.82) is 0 Å². The zero-order valence-electron chi connectivity index (χ0n) is 11.0. The molecule has 2 rings (SSSR count). The van der Waals surface area contributed by atoms with Gasteiger partial charge in [-0.15, -0.1) is 0 Å². The Labute approximate surface area is 115 Å². The molecule has 1 aliphatic rings. The quantitative estimate of drug-likeness (QED) is 0.467. The first-order chi connectivity index (χ1) is 9.56. The van der Waals surface area contributed by atoms with E-state index in [9.17, 15) is 18.8 Å². The Bertz CT molecular complexity index is 570. The van der Waals surface area contributed by atoms with Crippen LogP contribution in [-0.2, 0) is 14.3 Å².